The minimum Gasteiger partial charge on any atom is -0.497 e. The van der Waals surface area contributed by atoms with Crippen molar-refractivity contribution >= 4 is 21.2 Å². The van der Waals surface area contributed by atoms with E-state index in [1.807, 2.05) is 0 Å². The molecule has 3 rings (SSSR count). The third-order valence-corrected chi connectivity index (χ3v) is 8.95. The van der Waals surface area contributed by atoms with Crippen molar-refractivity contribution in [2.45, 2.75) is 68.4 Å². The SMILES string of the molecule is CCCCC1(CCCC)CCN(c2ccc(F)c(F)c2)c2ccc(OC)cc2S1(=O)=O. The van der Waals surface area contributed by atoms with Crippen molar-refractivity contribution in [1.29, 1.82) is 0 Å². The predicted octanol–water partition coefficient (Wildman–Crippen LogP) is 6.41. The maximum absolute atomic E-state index is 14.1. The highest BCUT2D eigenvalue weighted by molar-refractivity contribution is 7.93. The number of fused-ring (bicyclic) bond motifs is 1. The second kappa shape index (κ2) is 9.55. The molecule has 31 heavy (non-hydrogen) atoms. The van der Waals surface area contributed by atoms with Crippen molar-refractivity contribution in [2.24, 2.45) is 0 Å². The lowest BCUT2D eigenvalue weighted by Gasteiger charge is -2.32. The van der Waals surface area contributed by atoms with Gasteiger partial charge in [0.15, 0.2) is 21.5 Å². The Hall–Kier alpha value is -2.15. The summed E-state index contributed by atoms with van der Waals surface area (Å²) in [5, 5.41) is 0. The zero-order valence-corrected chi connectivity index (χ0v) is 19.3. The Morgan fingerprint density at radius 3 is 2.26 bits per heavy atom. The number of unbranched alkanes of at least 4 members (excludes halogenated alkanes) is 2. The number of ether oxygens (including phenoxy) is 1. The highest BCUT2D eigenvalue weighted by Crippen LogP contribution is 2.47. The molecule has 0 spiro atoms. The number of rotatable bonds is 8. The summed E-state index contributed by atoms with van der Waals surface area (Å²) in [4.78, 5) is 1.98. The normalized spacial score (nSPS) is 17.1. The Bertz CT molecular complexity index is 1020. The highest BCUT2D eigenvalue weighted by atomic mass is 32.2. The van der Waals surface area contributed by atoms with Gasteiger partial charge in [0.1, 0.15) is 5.75 Å². The highest BCUT2D eigenvalue weighted by Gasteiger charge is 2.47. The topological polar surface area (TPSA) is 46.6 Å². The molecule has 170 valence electrons. The van der Waals surface area contributed by atoms with Gasteiger partial charge in [-0.15, -0.1) is 0 Å². The first-order valence-electron chi connectivity index (χ1n) is 10.9. The van der Waals surface area contributed by atoms with Gasteiger partial charge in [0.2, 0.25) is 0 Å². The van der Waals surface area contributed by atoms with Crippen LogP contribution in [0.3, 0.4) is 0 Å². The number of anilines is 2. The first-order chi connectivity index (χ1) is 14.8. The molecule has 0 unspecified atom stereocenters. The lowest BCUT2D eigenvalue weighted by atomic mass is 9.91. The van der Waals surface area contributed by atoms with E-state index in [-0.39, 0.29) is 4.90 Å². The van der Waals surface area contributed by atoms with Crippen LogP contribution in [-0.2, 0) is 9.84 Å². The van der Waals surface area contributed by atoms with Gasteiger partial charge in [-0.2, -0.15) is 0 Å². The van der Waals surface area contributed by atoms with Crippen LogP contribution in [-0.4, -0.2) is 26.8 Å². The van der Waals surface area contributed by atoms with Crippen molar-refractivity contribution < 1.29 is 21.9 Å². The van der Waals surface area contributed by atoms with Crippen LogP contribution < -0.4 is 9.64 Å². The number of sulfone groups is 1. The number of benzene rings is 2. The second-order valence-corrected chi connectivity index (χ2v) is 10.5. The van der Waals surface area contributed by atoms with Crippen LogP contribution in [0.25, 0.3) is 0 Å². The van der Waals surface area contributed by atoms with Crippen LogP contribution in [0.5, 0.6) is 5.75 Å². The van der Waals surface area contributed by atoms with E-state index in [2.05, 4.69) is 13.8 Å². The molecule has 0 aromatic heterocycles. The summed E-state index contributed by atoms with van der Waals surface area (Å²) in [5.74, 6) is -1.43. The van der Waals surface area contributed by atoms with Crippen LogP contribution >= 0.6 is 0 Å². The molecular formula is C24H31F2NO3S. The van der Waals surface area contributed by atoms with Crippen LogP contribution in [0.15, 0.2) is 41.3 Å². The molecule has 2 aromatic rings. The molecule has 4 nitrogen and oxygen atoms in total. The predicted molar refractivity (Wildman–Crippen MR) is 120 cm³/mol. The van der Waals surface area contributed by atoms with Gasteiger partial charge in [0.25, 0.3) is 0 Å². The third kappa shape index (κ3) is 4.43. The van der Waals surface area contributed by atoms with E-state index in [9.17, 15) is 17.2 Å². The summed E-state index contributed by atoms with van der Waals surface area (Å²) < 4.78 is 60.2. The maximum atomic E-state index is 14.1. The first-order valence-corrected chi connectivity index (χ1v) is 12.4. The molecule has 0 bridgehead atoms. The lowest BCUT2D eigenvalue weighted by molar-refractivity contribution is 0.407. The van der Waals surface area contributed by atoms with E-state index in [1.54, 1.807) is 23.1 Å². The fourth-order valence-electron chi connectivity index (χ4n) is 4.43. The molecule has 0 N–H and O–H groups in total. The van der Waals surface area contributed by atoms with Crippen LogP contribution in [0.1, 0.15) is 58.8 Å². The van der Waals surface area contributed by atoms with Gasteiger partial charge in [-0.1, -0.05) is 39.5 Å². The van der Waals surface area contributed by atoms with Gasteiger partial charge in [-0.05, 0) is 43.5 Å². The number of hydrogen-bond acceptors (Lipinski definition) is 4. The zero-order chi connectivity index (χ0) is 22.6. The molecule has 0 saturated heterocycles. The smallest absolute Gasteiger partial charge is 0.186 e. The molecule has 0 amide bonds. The Labute approximate surface area is 184 Å². The average molecular weight is 452 g/mol. The zero-order valence-electron chi connectivity index (χ0n) is 18.5. The van der Waals surface area contributed by atoms with Gasteiger partial charge in [-0.3, -0.25) is 0 Å². The Kier molecular flexibility index (Phi) is 7.24. The maximum Gasteiger partial charge on any atom is 0.186 e. The molecule has 7 heteroatoms. The van der Waals surface area contributed by atoms with E-state index >= 15 is 0 Å². The van der Waals surface area contributed by atoms with Crippen LogP contribution in [0.4, 0.5) is 20.2 Å². The Morgan fingerprint density at radius 2 is 1.68 bits per heavy atom. The minimum atomic E-state index is -3.71. The van der Waals surface area contributed by atoms with Gasteiger partial charge >= 0.3 is 0 Å². The lowest BCUT2D eigenvalue weighted by Crippen LogP contribution is -2.39. The van der Waals surface area contributed by atoms with E-state index in [1.165, 1.54) is 13.2 Å². The molecule has 1 aliphatic heterocycles. The standard InChI is InChI=1S/C24H31F2NO3S/c1-4-6-12-24(13-7-5-2)14-15-27(18-8-10-20(25)21(26)16-18)22-11-9-19(30-3)17-23(22)31(24,28)29/h8-11,16-17H,4-7,12-15H2,1-3H3. The van der Waals surface area contributed by atoms with Gasteiger partial charge < -0.3 is 9.64 Å². The molecule has 0 atom stereocenters. The average Bonchev–Trinajstić information content (AvgIpc) is 2.85. The van der Waals surface area contributed by atoms with E-state index in [0.717, 1.165) is 37.8 Å². The van der Waals surface area contributed by atoms with Crippen molar-refractivity contribution in [1.82, 2.24) is 0 Å². The van der Waals surface area contributed by atoms with Crippen molar-refractivity contribution in [3.05, 3.63) is 48.0 Å². The monoisotopic (exact) mass is 451 g/mol. The second-order valence-electron chi connectivity index (χ2n) is 8.23. The van der Waals surface area contributed by atoms with Crippen molar-refractivity contribution in [3.63, 3.8) is 0 Å². The summed E-state index contributed by atoms with van der Waals surface area (Å²) >= 11 is 0. The largest absolute Gasteiger partial charge is 0.497 e. The number of hydrogen-bond donors (Lipinski definition) is 0. The van der Waals surface area contributed by atoms with E-state index in [4.69, 9.17) is 4.74 Å². The first kappa shape index (κ1) is 23.5. The molecule has 0 saturated carbocycles. The van der Waals surface area contributed by atoms with Gasteiger partial charge in [0.05, 0.1) is 22.4 Å². The molecule has 0 aliphatic carbocycles. The van der Waals surface area contributed by atoms with Crippen molar-refractivity contribution in [2.75, 3.05) is 18.6 Å². The fraction of sp³-hybridized carbons (Fsp3) is 0.500. The quantitative estimate of drug-likeness (QED) is 0.465. The van der Waals surface area contributed by atoms with Crippen LogP contribution in [0.2, 0.25) is 0 Å². The number of methoxy groups -OCH3 is 1. The summed E-state index contributed by atoms with van der Waals surface area (Å²) in [6.45, 7) is 4.51. The van der Waals surface area contributed by atoms with E-state index < -0.39 is 26.2 Å². The number of halogens is 2. The molecule has 0 radical (unpaired) electrons. The summed E-state index contributed by atoms with van der Waals surface area (Å²) in [7, 11) is -2.21. The Morgan fingerprint density at radius 1 is 1.00 bits per heavy atom. The van der Waals surface area contributed by atoms with Crippen molar-refractivity contribution in [3.8, 4) is 5.75 Å². The van der Waals surface area contributed by atoms with E-state index in [0.29, 0.717) is 42.9 Å². The third-order valence-electron chi connectivity index (χ3n) is 6.30. The summed E-state index contributed by atoms with van der Waals surface area (Å²) in [5.41, 5.74) is 0.906. The molecule has 1 heterocycles. The minimum absolute atomic E-state index is 0.196. The van der Waals surface area contributed by atoms with Gasteiger partial charge in [-0.25, -0.2) is 17.2 Å². The van der Waals surface area contributed by atoms with Crippen LogP contribution in [0, 0.1) is 11.6 Å². The van der Waals surface area contributed by atoms with Gasteiger partial charge in [0, 0.05) is 24.4 Å². The molecule has 0 fully saturated rings. The summed E-state index contributed by atoms with van der Waals surface area (Å²) in [6, 6.07) is 8.66. The Balaban J connectivity index is 2.22. The fourth-order valence-corrected chi connectivity index (χ4v) is 6.80. The molecular weight excluding hydrogens is 420 g/mol. The molecule has 2 aromatic carbocycles. The molecule has 1 aliphatic rings. The number of nitrogens with zero attached hydrogens (tertiary/aromatic N) is 1. The summed E-state index contributed by atoms with van der Waals surface area (Å²) in [6.07, 6.45) is 5.01.